The number of carbonyl (C=O) groups is 1. The Kier molecular flexibility index (Phi) is 5.09. The van der Waals surface area contributed by atoms with Gasteiger partial charge in [-0.15, -0.1) is 0 Å². The SMILES string of the molecule is CCOC(=O)CCN1C(C)CCCC1C. The van der Waals surface area contributed by atoms with Crippen LogP contribution in [-0.4, -0.2) is 36.1 Å². The summed E-state index contributed by atoms with van der Waals surface area (Å²) in [5, 5.41) is 0. The highest BCUT2D eigenvalue weighted by Gasteiger charge is 2.24. The number of likely N-dealkylation sites (tertiary alicyclic amines) is 1. The average molecular weight is 213 g/mol. The molecule has 0 aromatic rings. The van der Waals surface area contributed by atoms with E-state index >= 15 is 0 Å². The molecule has 0 radical (unpaired) electrons. The number of nitrogens with zero attached hydrogens (tertiary/aromatic N) is 1. The van der Waals surface area contributed by atoms with Crippen molar-refractivity contribution >= 4 is 5.97 Å². The normalized spacial score (nSPS) is 27.7. The van der Waals surface area contributed by atoms with Crippen LogP contribution in [0.1, 0.15) is 46.5 Å². The van der Waals surface area contributed by atoms with Gasteiger partial charge in [-0.05, 0) is 33.6 Å². The Labute approximate surface area is 92.8 Å². The van der Waals surface area contributed by atoms with E-state index in [-0.39, 0.29) is 5.97 Å². The van der Waals surface area contributed by atoms with E-state index < -0.39 is 0 Å². The summed E-state index contributed by atoms with van der Waals surface area (Å²) >= 11 is 0. The first-order chi connectivity index (χ1) is 7.15. The molecule has 0 aliphatic carbocycles. The van der Waals surface area contributed by atoms with Crippen LogP contribution in [0.25, 0.3) is 0 Å². The van der Waals surface area contributed by atoms with Gasteiger partial charge in [-0.2, -0.15) is 0 Å². The lowest BCUT2D eigenvalue weighted by atomic mass is 9.97. The van der Waals surface area contributed by atoms with Gasteiger partial charge < -0.3 is 4.74 Å². The quantitative estimate of drug-likeness (QED) is 0.670. The van der Waals surface area contributed by atoms with Crippen molar-refractivity contribution in [3.63, 3.8) is 0 Å². The zero-order valence-electron chi connectivity index (χ0n) is 10.2. The summed E-state index contributed by atoms with van der Waals surface area (Å²) in [4.78, 5) is 13.7. The second-order valence-electron chi connectivity index (χ2n) is 4.42. The van der Waals surface area contributed by atoms with Crippen molar-refractivity contribution in [1.82, 2.24) is 4.90 Å². The maximum Gasteiger partial charge on any atom is 0.307 e. The lowest BCUT2D eigenvalue weighted by Crippen LogP contribution is -2.44. The number of hydrogen-bond donors (Lipinski definition) is 0. The third-order valence-corrected chi connectivity index (χ3v) is 3.26. The fourth-order valence-corrected chi connectivity index (χ4v) is 2.37. The molecule has 1 aliphatic heterocycles. The molecule has 1 aliphatic rings. The standard InChI is InChI=1S/C12H23NO2/c1-4-15-12(14)8-9-13-10(2)6-5-7-11(13)3/h10-11H,4-9H2,1-3H3. The average Bonchev–Trinajstić information content (AvgIpc) is 2.17. The minimum atomic E-state index is -0.0672. The molecule has 1 saturated heterocycles. The van der Waals surface area contributed by atoms with Crippen LogP contribution >= 0.6 is 0 Å². The molecule has 2 atom stereocenters. The number of piperidine rings is 1. The van der Waals surface area contributed by atoms with Crippen LogP contribution in [0.4, 0.5) is 0 Å². The van der Waals surface area contributed by atoms with Crippen molar-refractivity contribution in [3.05, 3.63) is 0 Å². The predicted octanol–water partition coefficient (Wildman–Crippen LogP) is 2.20. The lowest BCUT2D eigenvalue weighted by molar-refractivity contribution is -0.143. The van der Waals surface area contributed by atoms with E-state index in [2.05, 4.69) is 18.7 Å². The summed E-state index contributed by atoms with van der Waals surface area (Å²) in [6.45, 7) is 7.69. The van der Waals surface area contributed by atoms with Gasteiger partial charge in [-0.3, -0.25) is 9.69 Å². The first-order valence-corrected chi connectivity index (χ1v) is 6.06. The smallest absolute Gasteiger partial charge is 0.307 e. The van der Waals surface area contributed by atoms with Gasteiger partial charge in [0.05, 0.1) is 13.0 Å². The van der Waals surface area contributed by atoms with E-state index in [9.17, 15) is 4.79 Å². The fourth-order valence-electron chi connectivity index (χ4n) is 2.37. The summed E-state index contributed by atoms with van der Waals surface area (Å²) < 4.78 is 4.94. The highest BCUT2D eigenvalue weighted by molar-refractivity contribution is 5.69. The van der Waals surface area contributed by atoms with E-state index in [1.807, 2.05) is 6.92 Å². The van der Waals surface area contributed by atoms with Crippen molar-refractivity contribution < 1.29 is 9.53 Å². The Morgan fingerprint density at radius 3 is 2.47 bits per heavy atom. The molecule has 3 heteroatoms. The first-order valence-electron chi connectivity index (χ1n) is 6.06. The van der Waals surface area contributed by atoms with Crippen LogP contribution in [-0.2, 0) is 9.53 Å². The number of rotatable bonds is 4. The highest BCUT2D eigenvalue weighted by atomic mass is 16.5. The second kappa shape index (κ2) is 6.11. The van der Waals surface area contributed by atoms with E-state index in [0.717, 1.165) is 6.54 Å². The highest BCUT2D eigenvalue weighted by Crippen LogP contribution is 2.22. The van der Waals surface area contributed by atoms with Crippen molar-refractivity contribution in [3.8, 4) is 0 Å². The molecule has 15 heavy (non-hydrogen) atoms. The zero-order valence-corrected chi connectivity index (χ0v) is 10.2. The van der Waals surface area contributed by atoms with Crippen LogP contribution in [0.3, 0.4) is 0 Å². The van der Waals surface area contributed by atoms with E-state index in [1.54, 1.807) is 0 Å². The predicted molar refractivity (Wildman–Crippen MR) is 60.7 cm³/mol. The molecular formula is C12H23NO2. The van der Waals surface area contributed by atoms with E-state index in [0.29, 0.717) is 25.1 Å². The Balaban J connectivity index is 2.32. The van der Waals surface area contributed by atoms with Gasteiger partial charge in [0.1, 0.15) is 0 Å². The molecular weight excluding hydrogens is 190 g/mol. The van der Waals surface area contributed by atoms with Gasteiger partial charge >= 0.3 is 5.97 Å². The molecule has 0 aromatic heterocycles. The van der Waals surface area contributed by atoms with Crippen LogP contribution in [0.2, 0.25) is 0 Å². The van der Waals surface area contributed by atoms with Gasteiger partial charge in [0.25, 0.3) is 0 Å². The molecule has 0 spiro atoms. The number of hydrogen-bond acceptors (Lipinski definition) is 3. The van der Waals surface area contributed by atoms with Crippen LogP contribution in [0, 0.1) is 0 Å². The maximum absolute atomic E-state index is 11.3. The summed E-state index contributed by atoms with van der Waals surface area (Å²) in [5.41, 5.74) is 0. The van der Waals surface area contributed by atoms with Gasteiger partial charge in [-0.1, -0.05) is 6.42 Å². The van der Waals surface area contributed by atoms with Crippen LogP contribution in [0.15, 0.2) is 0 Å². The molecule has 0 N–H and O–H groups in total. The summed E-state index contributed by atoms with van der Waals surface area (Å²) in [6, 6.07) is 1.23. The maximum atomic E-state index is 11.3. The van der Waals surface area contributed by atoms with E-state index in [1.165, 1.54) is 19.3 Å². The summed E-state index contributed by atoms with van der Waals surface area (Å²) in [6.07, 6.45) is 4.36. The molecule has 0 bridgehead atoms. The third kappa shape index (κ3) is 3.82. The molecule has 0 amide bonds. The summed E-state index contributed by atoms with van der Waals surface area (Å²) in [5.74, 6) is -0.0672. The van der Waals surface area contributed by atoms with Gasteiger partial charge in [0.15, 0.2) is 0 Å². The van der Waals surface area contributed by atoms with Gasteiger partial charge in [-0.25, -0.2) is 0 Å². The number of esters is 1. The largest absolute Gasteiger partial charge is 0.466 e. The Hall–Kier alpha value is -0.570. The van der Waals surface area contributed by atoms with Crippen LogP contribution in [0.5, 0.6) is 0 Å². The molecule has 2 unspecified atom stereocenters. The van der Waals surface area contributed by atoms with Gasteiger partial charge in [0.2, 0.25) is 0 Å². The molecule has 1 rings (SSSR count). The molecule has 88 valence electrons. The Morgan fingerprint density at radius 1 is 1.33 bits per heavy atom. The summed E-state index contributed by atoms with van der Waals surface area (Å²) in [7, 11) is 0. The molecule has 3 nitrogen and oxygen atoms in total. The number of carbonyl (C=O) groups excluding carboxylic acids is 1. The van der Waals surface area contributed by atoms with E-state index in [4.69, 9.17) is 4.74 Å². The minimum Gasteiger partial charge on any atom is -0.466 e. The first kappa shape index (κ1) is 12.5. The molecule has 1 fully saturated rings. The topological polar surface area (TPSA) is 29.5 Å². The number of ether oxygens (including phenoxy) is 1. The molecule has 1 heterocycles. The third-order valence-electron chi connectivity index (χ3n) is 3.26. The molecule has 0 saturated carbocycles. The Bertz CT molecular complexity index is 196. The molecule has 0 aromatic carbocycles. The second-order valence-corrected chi connectivity index (χ2v) is 4.42. The van der Waals surface area contributed by atoms with Crippen LogP contribution < -0.4 is 0 Å². The van der Waals surface area contributed by atoms with Crippen molar-refractivity contribution in [2.45, 2.75) is 58.5 Å². The monoisotopic (exact) mass is 213 g/mol. The van der Waals surface area contributed by atoms with Crippen molar-refractivity contribution in [2.24, 2.45) is 0 Å². The zero-order chi connectivity index (χ0) is 11.3. The van der Waals surface area contributed by atoms with Crippen molar-refractivity contribution in [1.29, 1.82) is 0 Å². The van der Waals surface area contributed by atoms with Crippen molar-refractivity contribution in [2.75, 3.05) is 13.2 Å². The van der Waals surface area contributed by atoms with Gasteiger partial charge in [0, 0.05) is 18.6 Å². The minimum absolute atomic E-state index is 0.0672. The Morgan fingerprint density at radius 2 is 1.93 bits per heavy atom. The lowest BCUT2D eigenvalue weighted by Gasteiger charge is -2.38. The fraction of sp³-hybridized carbons (Fsp3) is 0.917.